The van der Waals surface area contributed by atoms with E-state index in [1.54, 1.807) is 7.05 Å². The Hall–Kier alpha value is -0.570. The molecule has 1 amide bonds. The van der Waals surface area contributed by atoms with Crippen molar-refractivity contribution in [3.8, 4) is 0 Å². The molecule has 0 aromatic heterocycles. The minimum Gasteiger partial charge on any atom is -0.377 e. The molecule has 1 saturated heterocycles. The van der Waals surface area contributed by atoms with Gasteiger partial charge in [-0.05, 0) is 31.1 Å². The Morgan fingerprint density at radius 1 is 1.12 bits per heavy atom. The molecule has 0 bridgehead atoms. The van der Waals surface area contributed by atoms with Gasteiger partial charge in [-0.1, -0.05) is 20.8 Å². The van der Waals surface area contributed by atoms with Crippen molar-refractivity contribution in [3.63, 3.8) is 0 Å². The topological polar surface area (TPSA) is 74.8 Å². The van der Waals surface area contributed by atoms with Crippen molar-refractivity contribution < 1.29 is 9.53 Å². The summed E-state index contributed by atoms with van der Waals surface area (Å²) in [6.45, 7) is 9.76. The van der Waals surface area contributed by atoms with Gasteiger partial charge in [0.1, 0.15) is 0 Å². The smallest absolute Gasteiger partial charge is 0.223 e. The first-order valence-corrected chi connectivity index (χ1v) is 9.25. The van der Waals surface area contributed by atoms with Crippen molar-refractivity contribution in [2.45, 2.75) is 52.6 Å². The van der Waals surface area contributed by atoms with Crippen molar-refractivity contribution >= 4 is 35.8 Å². The molecule has 146 valence electrons. The first kappa shape index (κ1) is 22.5. The zero-order chi connectivity index (χ0) is 17.6. The Labute approximate surface area is 169 Å². The predicted octanol–water partition coefficient (Wildman–Crippen LogP) is 2.14. The summed E-state index contributed by atoms with van der Waals surface area (Å²) in [6, 6.07) is 0. The third-order valence-electron chi connectivity index (χ3n) is 4.72. The summed E-state index contributed by atoms with van der Waals surface area (Å²) < 4.78 is 6.03. The molecule has 1 heterocycles. The first-order chi connectivity index (χ1) is 11.4. The molecule has 0 aromatic carbocycles. The van der Waals surface area contributed by atoms with Gasteiger partial charge in [0.2, 0.25) is 5.91 Å². The van der Waals surface area contributed by atoms with Gasteiger partial charge in [-0.15, -0.1) is 24.0 Å². The molecule has 2 atom stereocenters. The fourth-order valence-corrected chi connectivity index (χ4v) is 3.31. The lowest BCUT2D eigenvalue weighted by atomic mass is 9.78. The second-order valence-electron chi connectivity index (χ2n) is 8.00. The Morgan fingerprint density at radius 3 is 2.40 bits per heavy atom. The number of aliphatic imine (C=N–C) groups is 1. The van der Waals surface area contributed by atoms with Crippen LogP contribution in [0.15, 0.2) is 4.99 Å². The highest BCUT2D eigenvalue weighted by Gasteiger charge is 2.35. The zero-order valence-electron chi connectivity index (χ0n) is 16.1. The van der Waals surface area contributed by atoms with Gasteiger partial charge in [0, 0.05) is 45.1 Å². The fourth-order valence-electron chi connectivity index (χ4n) is 3.31. The second kappa shape index (κ2) is 10.5. The van der Waals surface area contributed by atoms with Crippen molar-refractivity contribution in [2.24, 2.45) is 22.2 Å². The number of guanidine groups is 1. The minimum atomic E-state index is 0. The molecule has 1 saturated carbocycles. The summed E-state index contributed by atoms with van der Waals surface area (Å²) in [7, 11) is 1.77. The molecule has 3 N–H and O–H groups in total. The number of carbonyl (C=O) groups excluding carboxylic acids is 1. The maximum absolute atomic E-state index is 11.6. The van der Waals surface area contributed by atoms with E-state index in [0.717, 1.165) is 38.4 Å². The summed E-state index contributed by atoms with van der Waals surface area (Å²) in [5.74, 6) is 1.73. The van der Waals surface area contributed by atoms with Crippen LogP contribution < -0.4 is 16.0 Å². The molecule has 0 radical (unpaired) electrons. The highest BCUT2D eigenvalue weighted by atomic mass is 127. The highest BCUT2D eigenvalue weighted by Crippen LogP contribution is 2.33. The van der Waals surface area contributed by atoms with Crippen LogP contribution in [-0.4, -0.2) is 51.3 Å². The second-order valence-corrected chi connectivity index (χ2v) is 8.00. The maximum Gasteiger partial charge on any atom is 0.223 e. The molecule has 2 aliphatic rings. The van der Waals surface area contributed by atoms with Crippen LogP contribution in [0, 0.1) is 17.3 Å². The number of halogens is 1. The highest BCUT2D eigenvalue weighted by molar-refractivity contribution is 14.0. The lowest BCUT2D eigenvalue weighted by Gasteiger charge is -2.40. The molecule has 2 rings (SSSR count). The van der Waals surface area contributed by atoms with Crippen LogP contribution in [0.3, 0.4) is 0 Å². The van der Waals surface area contributed by atoms with Crippen molar-refractivity contribution in [1.29, 1.82) is 0 Å². The van der Waals surface area contributed by atoms with Crippen LogP contribution in [0.25, 0.3) is 0 Å². The van der Waals surface area contributed by atoms with E-state index in [1.807, 2.05) is 0 Å². The van der Waals surface area contributed by atoms with Gasteiger partial charge < -0.3 is 20.7 Å². The van der Waals surface area contributed by atoms with Crippen LogP contribution in [0.2, 0.25) is 0 Å². The van der Waals surface area contributed by atoms with Crippen molar-refractivity contribution in [1.82, 2.24) is 16.0 Å². The molecule has 0 aromatic rings. The number of hydrogen-bond donors (Lipinski definition) is 3. The van der Waals surface area contributed by atoms with Crippen LogP contribution in [0.5, 0.6) is 0 Å². The largest absolute Gasteiger partial charge is 0.377 e. The molecular weight excluding hydrogens is 431 g/mol. The van der Waals surface area contributed by atoms with Gasteiger partial charge >= 0.3 is 0 Å². The summed E-state index contributed by atoms with van der Waals surface area (Å²) in [4.78, 5) is 15.8. The minimum absolute atomic E-state index is 0. The molecule has 2 unspecified atom stereocenters. The van der Waals surface area contributed by atoms with Gasteiger partial charge in [-0.2, -0.15) is 0 Å². The molecule has 0 spiro atoms. The molecule has 6 nitrogen and oxygen atoms in total. The number of nitrogens with one attached hydrogen (secondary N) is 3. The van der Waals surface area contributed by atoms with E-state index in [4.69, 9.17) is 4.74 Å². The van der Waals surface area contributed by atoms with E-state index in [2.05, 4.69) is 41.7 Å². The molecule has 7 heteroatoms. The van der Waals surface area contributed by atoms with E-state index in [9.17, 15) is 4.79 Å². The van der Waals surface area contributed by atoms with Crippen LogP contribution in [0.4, 0.5) is 0 Å². The van der Waals surface area contributed by atoms with E-state index in [0.29, 0.717) is 19.0 Å². The fraction of sp³-hybridized carbons (Fsp3) is 0.889. The van der Waals surface area contributed by atoms with Crippen molar-refractivity contribution in [2.75, 3.05) is 33.3 Å². The average Bonchev–Trinajstić information content (AvgIpc) is 3.38. The summed E-state index contributed by atoms with van der Waals surface area (Å²) >= 11 is 0. The SMILES string of the molecule is CN=C(NCCNC(=O)C1CC1)NCC1CCCOC1C(C)(C)C.I. The van der Waals surface area contributed by atoms with Gasteiger partial charge in [0.15, 0.2) is 5.96 Å². The summed E-state index contributed by atoms with van der Waals surface area (Å²) in [5, 5.41) is 9.62. The first-order valence-electron chi connectivity index (χ1n) is 9.25. The number of hydrogen-bond acceptors (Lipinski definition) is 3. The van der Waals surface area contributed by atoms with E-state index >= 15 is 0 Å². The third kappa shape index (κ3) is 7.68. The molecule has 25 heavy (non-hydrogen) atoms. The Bertz CT molecular complexity index is 447. The lowest BCUT2D eigenvalue weighted by molar-refractivity contribution is -0.122. The monoisotopic (exact) mass is 466 g/mol. The zero-order valence-corrected chi connectivity index (χ0v) is 18.4. The number of rotatable bonds is 6. The molecule has 2 fully saturated rings. The van der Waals surface area contributed by atoms with E-state index in [1.165, 1.54) is 6.42 Å². The Kier molecular flexibility index (Phi) is 9.48. The van der Waals surface area contributed by atoms with Crippen molar-refractivity contribution in [3.05, 3.63) is 0 Å². The van der Waals surface area contributed by atoms with Crippen LogP contribution in [0.1, 0.15) is 46.5 Å². The van der Waals surface area contributed by atoms with E-state index < -0.39 is 0 Å². The Balaban J connectivity index is 0.00000312. The molecule has 1 aliphatic heterocycles. The predicted molar refractivity (Wildman–Crippen MR) is 112 cm³/mol. The van der Waals surface area contributed by atoms with E-state index in [-0.39, 0.29) is 47.3 Å². The quantitative estimate of drug-likeness (QED) is 0.243. The normalized spacial score (nSPS) is 24.2. The summed E-state index contributed by atoms with van der Waals surface area (Å²) in [6.07, 6.45) is 4.67. The van der Waals surface area contributed by atoms with Gasteiger partial charge in [-0.25, -0.2) is 0 Å². The number of amides is 1. The molecular formula is C18H35IN4O2. The van der Waals surface area contributed by atoms with Crippen LogP contribution >= 0.6 is 24.0 Å². The van der Waals surface area contributed by atoms with Gasteiger partial charge in [0.25, 0.3) is 0 Å². The number of ether oxygens (including phenoxy) is 1. The standard InChI is InChI=1S/C18H34N4O2.HI/c1-18(2,3)15-14(6-5-11-24-15)12-22-17(19-4)21-10-9-20-16(23)13-7-8-13;/h13-15H,5-12H2,1-4H3,(H,20,23)(H2,19,21,22);1H. The van der Waals surface area contributed by atoms with Crippen LogP contribution in [-0.2, 0) is 9.53 Å². The molecule has 1 aliphatic carbocycles. The number of nitrogens with zero attached hydrogens (tertiary/aromatic N) is 1. The lowest BCUT2D eigenvalue weighted by Crippen LogP contribution is -2.48. The van der Waals surface area contributed by atoms with Gasteiger partial charge in [-0.3, -0.25) is 9.79 Å². The van der Waals surface area contributed by atoms with Gasteiger partial charge in [0.05, 0.1) is 6.10 Å². The Morgan fingerprint density at radius 2 is 1.80 bits per heavy atom. The summed E-state index contributed by atoms with van der Waals surface area (Å²) in [5.41, 5.74) is 0.150. The maximum atomic E-state index is 11.6. The number of carbonyl (C=O) groups is 1. The average molecular weight is 466 g/mol. The third-order valence-corrected chi connectivity index (χ3v) is 4.72.